The van der Waals surface area contributed by atoms with E-state index in [4.69, 9.17) is 5.11 Å². The first kappa shape index (κ1) is 7.18. The number of hydrogen-bond acceptors (Lipinski definition) is 1. The van der Waals surface area contributed by atoms with E-state index in [1.54, 1.807) is 0 Å². The van der Waals surface area contributed by atoms with Crippen LogP contribution in [0.4, 0.5) is 0 Å². The van der Waals surface area contributed by atoms with E-state index in [9.17, 15) is 4.79 Å². The van der Waals surface area contributed by atoms with Crippen molar-refractivity contribution in [3.05, 3.63) is 5.92 Å². The molecule has 9 heavy (non-hydrogen) atoms. The molecule has 0 amide bonds. The Morgan fingerprint density at radius 3 is 1.89 bits per heavy atom. The SMILES string of the molecule is O=C(O)C12C[C-](C1)C2.[Li+]. The summed E-state index contributed by atoms with van der Waals surface area (Å²) in [5, 5.41) is 8.52. The molecule has 0 heterocycles. The Labute approximate surface area is 65.8 Å². The monoisotopic (exact) mass is 118 g/mol. The van der Waals surface area contributed by atoms with Crippen LogP contribution in [0, 0.1) is 11.3 Å². The quantitative estimate of drug-likeness (QED) is 0.314. The second-order valence-electron chi connectivity index (χ2n) is 2.87. The molecule has 0 aromatic rings. The molecule has 0 radical (unpaired) electrons. The Hall–Kier alpha value is 0.0674. The van der Waals surface area contributed by atoms with E-state index >= 15 is 0 Å². The van der Waals surface area contributed by atoms with Crippen molar-refractivity contribution in [2.24, 2.45) is 5.41 Å². The van der Waals surface area contributed by atoms with Crippen LogP contribution in [-0.2, 0) is 4.79 Å². The molecule has 3 fully saturated rings. The van der Waals surface area contributed by atoms with Crippen LogP contribution in [-0.4, -0.2) is 11.1 Å². The maximum absolute atomic E-state index is 10.3. The molecule has 3 aliphatic rings. The van der Waals surface area contributed by atoms with E-state index < -0.39 is 5.97 Å². The summed E-state index contributed by atoms with van der Waals surface area (Å²) in [5.41, 5.74) is -0.255. The maximum atomic E-state index is 10.3. The number of hydrogen-bond donors (Lipinski definition) is 1. The Morgan fingerprint density at radius 1 is 1.44 bits per heavy atom. The fourth-order valence-corrected chi connectivity index (χ4v) is 1.51. The number of carboxylic acids is 1. The second kappa shape index (κ2) is 1.77. The minimum Gasteiger partial charge on any atom is -0.481 e. The molecule has 0 atom stereocenters. The predicted octanol–water partition coefficient (Wildman–Crippen LogP) is -2.17. The zero-order valence-electron chi connectivity index (χ0n) is 5.48. The van der Waals surface area contributed by atoms with Gasteiger partial charge in [-0.1, -0.05) is 0 Å². The molecule has 3 heteroatoms. The molecule has 0 spiro atoms. The van der Waals surface area contributed by atoms with Crippen molar-refractivity contribution in [3.63, 3.8) is 0 Å². The van der Waals surface area contributed by atoms with Crippen molar-refractivity contribution in [1.82, 2.24) is 0 Å². The largest absolute Gasteiger partial charge is 1.00 e. The van der Waals surface area contributed by atoms with E-state index in [2.05, 4.69) is 0 Å². The summed E-state index contributed by atoms with van der Waals surface area (Å²) >= 11 is 0. The maximum Gasteiger partial charge on any atom is 1.00 e. The van der Waals surface area contributed by atoms with Gasteiger partial charge in [0.1, 0.15) is 0 Å². The van der Waals surface area contributed by atoms with Gasteiger partial charge in [0.05, 0.1) is 0 Å². The number of aliphatic carboxylic acids is 1. The first-order valence-electron chi connectivity index (χ1n) is 2.80. The third-order valence-electron chi connectivity index (χ3n) is 2.22. The van der Waals surface area contributed by atoms with Crippen LogP contribution in [0.3, 0.4) is 0 Å². The van der Waals surface area contributed by atoms with Crippen molar-refractivity contribution in [1.29, 1.82) is 0 Å². The van der Waals surface area contributed by atoms with E-state index in [1.165, 1.54) is 5.92 Å². The van der Waals surface area contributed by atoms with Crippen LogP contribution in [0.2, 0.25) is 0 Å². The average molecular weight is 118 g/mol. The molecule has 2 nitrogen and oxygen atoms in total. The molecule has 1 N–H and O–H groups in total. The summed E-state index contributed by atoms with van der Waals surface area (Å²) in [5.74, 6) is 0.861. The van der Waals surface area contributed by atoms with Gasteiger partial charge in [-0.25, -0.2) is 0 Å². The van der Waals surface area contributed by atoms with Crippen molar-refractivity contribution in [2.45, 2.75) is 19.3 Å². The zero-order valence-corrected chi connectivity index (χ0v) is 5.48. The summed E-state index contributed by atoms with van der Waals surface area (Å²) in [7, 11) is 0. The van der Waals surface area contributed by atoms with Gasteiger partial charge in [0.15, 0.2) is 0 Å². The summed E-state index contributed by atoms with van der Waals surface area (Å²) in [6, 6.07) is 0. The van der Waals surface area contributed by atoms with E-state index in [-0.39, 0.29) is 24.3 Å². The Balaban J connectivity index is 0.000000405. The van der Waals surface area contributed by atoms with Crippen LogP contribution in [0.5, 0.6) is 0 Å². The Bertz CT molecular complexity index is 138. The third kappa shape index (κ3) is 0.669. The Morgan fingerprint density at radius 2 is 1.89 bits per heavy atom. The van der Waals surface area contributed by atoms with Crippen molar-refractivity contribution in [2.75, 3.05) is 0 Å². The summed E-state index contributed by atoms with van der Waals surface area (Å²) < 4.78 is 0. The summed E-state index contributed by atoms with van der Waals surface area (Å²) in [6.07, 6.45) is 2.63. The van der Waals surface area contributed by atoms with Gasteiger partial charge in [-0.05, 0) is 5.41 Å². The summed E-state index contributed by atoms with van der Waals surface area (Å²) in [4.78, 5) is 10.3. The molecule has 0 aromatic carbocycles. The van der Waals surface area contributed by atoms with Crippen LogP contribution >= 0.6 is 0 Å². The molecule has 0 aliphatic heterocycles. The van der Waals surface area contributed by atoms with Crippen molar-refractivity contribution < 1.29 is 28.8 Å². The molecule has 0 unspecified atom stereocenters. The van der Waals surface area contributed by atoms with Gasteiger partial charge >= 0.3 is 24.8 Å². The van der Waals surface area contributed by atoms with E-state index in [0.29, 0.717) is 0 Å². The molecule has 0 saturated heterocycles. The molecule has 44 valence electrons. The first-order chi connectivity index (χ1) is 3.73. The van der Waals surface area contributed by atoms with Gasteiger partial charge < -0.3 is 11.0 Å². The fraction of sp³-hybridized carbons (Fsp3) is 0.667. The minimum absolute atomic E-state index is 0. The standard InChI is InChI=1S/C6H7O2.Li/c7-5(8)6-1-4(2-6)3-6;/h1-3H2,(H,7,8);/q-1;+1. The molecule has 3 aliphatic carbocycles. The molecule has 3 saturated carbocycles. The van der Waals surface area contributed by atoms with Gasteiger partial charge in [-0.3, -0.25) is 4.79 Å². The molecule has 2 bridgehead atoms. The van der Waals surface area contributed by atoms with Crippen LogP contribution in [0.1, 0.15) is 19.3 Å². The normalized spacial score (nSPS) is 27.1. The molecule has 3 rings (SSSR count). The van der Waals surface area contributed by atoms with Gasteiger partial charge in [0.25, 0.3) is 0 Å². The van der Waals surface area contributed by atoms with Gasteiger partial charge in [-0.15, -0.1) is 0 Å². The molecular weight excluding hydrogens is 111 g/mol. The molecular formula is C6H7LiO2. The third-order valence-corrected chi connectivity index (χ3v) is 2.22. The van der Waals surface area contributed by atoms with Crippen LogP contribution in [0.15, 0.2) is 0 Å². The average Bonchev–Trinajstić information content (AvgIpc) is 1.16. The van der Waals surface area contributed by atoms with Crippen molar-refractivity contribution in [3.8, 4) is 0 Å². The Kier molecular flexibility index (Phi) is 1.42. The number of rotatable bonds is 1. The predicted molar refractivity (Wildman–Crippen MR) is 27.2 cm³/mol. The first-order valence-corrected chi connectivity index (χ1v) is 2.80. The topological polar surface area (TPSA) is 37.3 Å². The van der Waals surface area contributed by atoms with Gasteiger partial charge in [-0.2, -0.15) is 19.3 Å². The number of carboxylic acid groups (broad SMARTS) is 1. The smallest absolute Gasteiger partial charge is 0.481 e. The zero-order chi connectivity index (χ0) is 5.78. The number of carbonyl (C=O) groups is 1. The van der Waals surface area contributed by atoms with Gasteiger partial charge in [0.2, 0.25) is 0 Å². The van der Waals surface area contributed by atoms with E-state index in [0.717, 1.165) is 19.3 Å². The van der Waals surface area contributed by atoms with Crippen LogP contribution in [0.25, 0.3) is 0 Å². The van der Waals surface area contributed by atoms with E-state index in [1.807, 2.05) is 0 Å². The van der Waals surface area contributed by atoms with Crippen molar-refractivity contribution >= 4 is 5.97 Å². The van der Waals surface area contributed by atoms with Gasteiger partial charge in [0, 0.05) is 0 Å². The fourth-order valence-electron chi connectivity index (χ4n) is 1.51. The van der Waals surface area contributed by atoms with Crippen LogP contribution < -0.4 is 18.9 Å². The molecule has 0 aromatic heterocycles. The second-order valence-corrected chi connectivity index (χ2v) is 2.87. The summed E-state index contributed by atoms with van der Waals surface area (Å²) in [6.45, 7) is 0. The minimum atomic E-state index is -0.590.